The van der Waals surface area contributed by atoms with Crippen LogP contribution in [0.5, 0.6) is 0 Å². The van der Waals surface area contributed by atoms with E-state index in [1.807, 2.05) is 38.1 Å². The smallest absolute Gasteiger partial charge is 0.256 e. The summed E-state index contributed by atoms with van der Waals surface area (Å²) < 4.78 is 14.6. The summed E-state index contributed by atoms with van der Waals surface area (Å²) in [5, 5.41) is 7.67. The van der Waals surface area contributed by atoms with Crippen molar-refractivity contribution in [2.24, 2.45) is 0 Å². The van der Waals surface area contributed by atoms with Crippen LogP contribution in [0.1, 0.15) is 36.7 Å². The lowest BCUT2D eigenvalue weighted by Gasteiger charge is -2.35. The van der Waals surface area contributed by atoms with E-state index >= 15 is 0 Å². The van der Waals surface area contributed by atoms with Gasteiger partial charge in [0.05, 0.1) is 23.7 Å². The molecule has 1 amide bonds. The molecule has 1 aromatic heterocycles. The Morgan fingerprint density at radius 2 is 2.09 bits per heavy atom. The molecule has 168 valence electrons. The Morgan fingerprint density at radius 1 is 1.28 bits per heavy atom. The first kappa shape index (κ1) is 22.3. The maximum absolute atomic E-state index is 14.6. The van der Waals surface area contributed by atoms with Gasteiger partial charge in [0, 0.05) is 23.8 Å². The Hall–Kier alpha value is -2.90. The minimum Gasteiger partial charge on any atom is -0.374 e. The van der Waals surface area contributed by atoms with Crippen molar-refractivity contribution in [3.8, 4) is 0 Å². The number of benzene rings is 2. The van der Waals surface area contributed by atoms with Crippen LogP contribution < -0.4 is 16.2 Å². The van der Waals surface area contributed by atoms with E-state index in [2.05, 4.69) is 15.6 Å². The van der Waals surface area contributed by atoms with Crippen LogP contribution >= 0.6 is 11.6 Å². The molecule has 4 rings (SSSR count). The van der Waals surface area contributed by atoms with Crippen molar-refractivity contribution in [2.45, 2.75) is 32.9 Å². The molecule has 8 heteroatoms. The van der Waals surface area contributed by atoms with Crippen LogP contribution in [0.4, 0.5) is 10.1 Å². The van der Waals surface area contributed by atoms with Gasteiger partial charge in [0.15, 0.2) is 0 Å². The number of amides is 1. The first-order chi connectivity index (χ1) is 15.4. The molecule has 0 saturated heterocycles. The van der Waals surface area contributed by atoms with Gasteiger partial charge in [-0.25, -0.2) is 4.39 Å². The van der Waals surface area contributed by atoms with E-state index in [-0.39, 0.29) is 35.1 Å². The molecule has 6 nitrogen and oxygen atoms in total. The quantitative estimate of drug-likeness (QED) is 0.524. The van der Waals surface area contributed by atoms with E-state index in [1.54, 1.807) is 11.0 Å². The Labute approximate surface area is 190 Å². The van der Waals surface area contributed by atoms with Crippen molar-refractivity contribution in [1.82, 2.24) is 15.2 Å². The second-order valence-electron chi connectivity index (χ2n) is 8.03. The maximum atomic E-state index is 14.6. The lowest BCUT2D eigenvalue weighted by atomic mass is 9.93. The minimum atomic E-state index is -0.568. The molecule has 1 aliphatic heterocycles. The van der Waals surface area contributed by atoms with Crippen LogP contribution in [-0.2, 0) is 17.8 Å². The van der Waals surface area contributed by atoms with Gasteiger partial charge in [-0.3, -0.25) is 9.59 Å². The third kappa shape index (κ3) is 4.49. The van der Waals surface area contributed by atoms with Gasteiger partial charge in [0.25, 0.3) is 5.56 Å². The summed E-state index contributed by atoms with van der Waals surface area (Å²) in [6.07, 6.45) is 0.730. The lowest BCUT2D eigenvalue weighted by Crippen LogP contribution is -2.41. The number of H-pyrrole nitrogens is 1. The molecular weight excluding hydrogens is 431 g/mol. The third-order valence-electron chi connectivity index (χ3n) is 5.95. The van der Waals surface area contributed by atoms with Crippen molar-refractivity contribution in [1.29, 1.82) is 0 Å². The van der Waals surface area contributed by atoms with Crippen LogP contribution in [0.3, 0.4) is 0 Å². The van der Waals surface area contributed by atoms with Gasteiger partial charge in [-0.2, -0.15) is 0 Å². The molecule has 0 fully saturated rings. The number of fused-ring (bicyclic) bond motifs is 2. The number of hydrogen-bond acceptors (Lipinski definition) is 4. The molecule has 1 aliphatic rings. The Balaban J connectivity index is 1.51. The first-order valence-corrected chi connectivity index (χ1v) is 11.1. The summed E-state index contributed by atoms with van der Waals surface area (Å²) in [5.74, 6) is -0.682. The SMILES string of the molecule is CCNCc1cc2cc(NCC(=O)N3CCc4cc(Cl)ccc4[C@@H]3C)c(F)cc2c(=O)[nH]1. The zero-order valence-corrected chi connectivity index (χ0v) is 18.9. The highest BCUT2D eigenvalue weighted by Crippen LogP contribution is 2.31. The van der Waals surface area contributed by atoms with E-state index in [0.29, 0.717) is 23.5 Å². The number of halogens is 2. The van der Waals surface area contributed by atoms with Crippen molar-refractivity contribution in [2.75, 3.05) is 25.0 Å². The maximum Gasteiger partial charge on any atom is 0.256 e. The van der Waals surface area contributed by atoms with Gasteiger partial charge in [-0.05, 0) is 66.7 Å². The molecule has 0 radical (unpaired) electrons. The standard InChI is InChI=1S/C24H26ClFN4O2/c1-3-27-12-18-9-16-10-22(21(26)11-20(16)24(32)29-18)28-13-23(31)30-7-6-15-8-17(25)4-5-19(15)14(30)2/h4-5,8-11,14,27-28H,3,6-7,12-13H2,1-2H3,(H,29,32)/t14-/m0/s1. The number of rotatable bonds is 6. The second-order valence-corrected chi connectivity index (χ2v) is 8.47. The van der Waals surface area contributed by atoms with E-state index in [0.717, 1.165) is 29.8 Å². The van der Waals surface area contributed by atoms with Gasteiger partial charge in [-0.1, -0.05) is 24.6 Å². The summed E-state index contributed by atoms with van der Waals surface area (Å²) >= 11 is 6.09. The van der Waals surface area contributed by atoms with Crippen molar-refractivity contribution < 1.29 is 9.18 Å². The summed E-state index contributed by atoms with van der Waals surface area (Å²) in [6, 6.07) is 10.3. The molecule has 3 N–H and O–H groups in total. The fourth-order valence-electron chi connectivity index (χ4n) is 4.25. The number of nitrogens with zero attached hydrogens (tertiary/aromatic N) is 1. The average Bonchev–Trinajstić information content (AvgIpc) is 2.76. The fourth-order valence-corrected chi connectivity index (χ4v) is 4.44. The number of carbonyl (C=O) groups excluding carboxylic acids is 1. The second kappa shape index (κ2) is 9.30. The number of hydrogen-bond donors (Lipinski definition) is 3. The predicted octanol–water partition coefficient (Wildman–Crippen LogP) is 3.99. The molecule has 2 aromatic carbocycles. The molecule has 0 aliphatic carbocycles. The molecule has 0 bridgehead atoms. The van der Waals surface area contributed by atoms with Crippen molar-refractivity contribution in [3.05, 3.63) is 74.4 Å². The number of aromatic amines is 1. The largest absolute Gasteiger partial charge is 0.374 e. The van der Waals surface area contributed by atoms with Crippen molar-refractivity contribution >= 4 is 34.0 Å². The number of aromatic nitrogens is 1. The zero-order valence-electron chi connectivity index (χ0n) is 18.1. The number of anilines is 1. The van der Waals surface area contributed by atoms with E-state index in [9.17, 15) is 14.0 Å². The fraction of sp³-hybridized carbons (Fsp3) is 0.333. The van der Waals surface area contributed by atoms with Crippen LogP contribution in [0.25, 0.3) is 10.8 Å². The Morgan fingerprint density at radius 3 is 2.88 bits per heavy atom. The van der Waals surface area contributed by atoms with E-state index in [4.69, 9.17) is 11.6 Å². The lowest BCUT2D eigenvalue weighted by molar-refractivity contribution is -0.131. The Bertz CT molecular complexity index is 1230. The number of nitrogens with one attached hydrogen (secondary N) is 3. The van der Waals surface area contributed by atoms with Crippen LogP contribution in [0.15, 0.2) is 41.2 Å². The highest BCUT2D eigenvalue weighted by Gasteiger charge is 2.27. The number of pyridine rings is 1. The van der Waals surface area contributed by atoms with Crippen molar-refractivity contribution in [3.63, 3.8) is 0 Å². The van der Waals surface area contributed by atoms with E-state index < -0.39 is 5.82 Å². The summed E-state index contributed by atoms with van der Waals surface area (Å²) in [5.41, 5.74) is 2.82. The molecule has 2 heterocycles. The monoisotopic (exact) mass is 456 g/mol. The van der Waals surface area contributed by atoms with Crippen LogP contribution in [-0.4, -0.2) is 35.4 Å². The average molecular weight is 457 g/mol. The van der Waals surface area contributed by atoms with Gasteiger partial charge in [0.2, 0.25) is 5.91 Å². The first-order valence-electron chi connectivity index (χ1n) is 10.7. The minimum absolute atomic E-state index is 0.0386. The molecule has 0 spiro atoms. The molecule has 1 atom stereocenters. The van der Waals surface area contributed by atoms with Crippen LogP contribution in [0, 0.1) is 5.82 Å². The summed E-state index contributed by atoms with van der Waals surface area (Å²) in [4.78, 5) is 29.8. The molecule has 3 aromatic rings. The third-order valence-corrected chi connectivity index (χ3v) is 6.18. The molecular formula is C24H26ClFN4O2. The zero-order chi connectivity index (χ0) is 22.8. The van der Waals surface area contributed by atoms with Gasteiger partial charge >= 0.3 is 0 Å². The number of carbonyl (C=O) groups is 1. The van der Waals surface area contributed by atoms with Crippen LogP contribution in [0.2, 0.25) is 5.02 Å². The summed E-state index contributed by atoms with van der Waals surface area (Å²) in [6.45, 7) is 5.79. The van der Waals surface area contributed by atoms with E-state index in [1.165, 1.54) is 6.07 Å². The van der Waals surface area contributed by atoms with Gasteiger partial charge < -0.3 is 20.5 Å². The normalized spacial score (nSPS) is 15.6. The van der Waals surface area contributed by atoms with Gasteiger partial charge in [-0.15, -0.1) is 0 Å². The predicted molar refractivity (Wildman–Crippen MR) is 126 cm³/mol. The Kier molecular flexibility index (Phi) is 6.48. The molecule has 32 heavy (non-hydrogen) atoms. The summed E-state index contributed by atoms with van der Waals surface area (Å²) in [7, 11) is 0. The highest BCUT2D eigenvalue weighted by atomic mass is 35.5. The highest BCUT2D eigenvalue weighted by molar-refractivity contribution is 6.30. The topological polar surface area (TPSA) is 77.2 Å². The molecule has 0 unspecified atom stereocenters. The van der Waals surface area contributed by atoms with Gasteiger partial charge in [0.1, 0.15) is 5.82 Å². The molecule has 0 saturated carbocycles.